The summed E-state index contributed by atoms with van der Waals surface area (Å²) in [5.74, 6) is 1.26. The van der Waals surface area contributed by atoms with E-state index in [-0.39, 0.29) is 0 Å². The molecule has 0 amide bonds. The van der Waals surface area contributed by atoms with Gasteiger partial charge in [0.25, 0.3) is 0 Å². The first-order valence-corrected chi connectivity index (χ1v) is 7.52. The molecule has 1 heterocycles. The van der Waals surface area contributed by atoms with Crippen LogP contribution in [-0.2, 0) is 18.7 Å². The van der Waals surface area contributed by atoms with E-state index in [9.17, 15) is 0 Å². The summed E-state index contributed by atoms with van der Waals surface area (Å²) in [4.78, 5) is 4.32. The van der Waals surface area contributed by atoms with E-state index in [4.69, 9.17) is 34.8 Å². The van der Waals surface area contributed by atoms with Gasteiger partial charge in [-0.05, 0) is 17.7 Å². The van der Waals surface area contributed by atoms with E-state index in [0.717, 1.165) is 22.2 Å². The van der Waals surface area contributed by atoms with Gasteiger partial charge >= 0.3 is 0 Å². The highest BCUT2D eigenvalue weighted by molar-refractivity contribution is 7.98. The fraction of sp³-hybridized carbons (Fsp3) is 0.250. The summed E-state index contributed by atoms with van der Waals surface area (Å²) in [6, 6.07) is 5.65. The van der Waals surface area contributed by atoms with Crippen molar-refractivity contribution in [2.45, 2.75) is 16.8 Å². The van der Waals surface area contributed by atoms with Gasteiger partial charge in [-0.25, -0.2) is 4.98 Å². The fourth-order valence-corrected chi connectivity index (χ4v) is 2.94. The molecule has 0 aliphatic rings. The molecule has 0 atom stereocenters. The average Bonchev–Trinajstić information content (AvgIpc) is 2.72. The lowest BCUT2D eigenvalue weighted by atomic mass is 10.2. The number of hydrogen-bond acceptors (Lipinski definition) is 2. The van der Waals surface area contributed by atoms with Gasteiger partial charge in [0, 0.05) is 12.8 Å². The molecule has 6 heteroatoms. The molecule has 2 aromatic rings. The summed E-state index contributed by atoms with van der Waals surface area (Å²) in [6.45, 7) is 0. The van der Waals surface area contributed by atoms with Gasteiger partial charge < -0.3 is 4.57 Å². The van der Waals surface area contributed by atoms with Crippen LogP contribution in [0.3, 0.4) is 0 Å². The number of nitrogens with zero attached hydrogens (tertiary/aromatic N) is 2. The SMILES string of the molecule is Cn1c(CCl)cnc1SCc1ccc(Cl)c(Cl)c1. The van der Waals surface area contributed by atoms with Crippen molar-refractivity contribution in [1.29, 1.82) is 0 Å². The molecule has 0 spiro atoms. The smallest absolute Gasteiger partial charge is 0.168 e. The molecule has 0 N–H and O–H groups in total. The lowest BCUT2D eigenvalue weighted by molar-refractivity contribution is 0.761. The molecule has 96 valence electrons. The monoisotopic (exact) mass is 320 g/mol. The van der Waals surface area contributed by atoms with E-state index in [1.54, 1.807) is 18.0 Å². The van der Waals surface area contributed by atoms with E-state index in [2.05, 4.69) is 4.98 Å². The minimum Gasteiger partial charge on any atom is -0.325 e. The van der Waals surface area contributed by atoms with Crippen LogP contribution >= 0.6 is 46.6 Å². The lowest BCUT2D eigenvalue weighted by Gasteiger charge is -2.05. The zero-order valence-corrected chi connectivity index (χ0v) is 12.7. The molecule has 0 saturated carbocycles. The maximum atomic E-state index is 5.97. The van der Waals surface area contributed by atoms with Crippen LogP contribution < -0.4 is 0 Å². The van der Waals surface area contributed by atoms with E-state index >= 15 is 0 Å². The summed E-state index contributed by atoms with van der Waals surface area (Å²) in [5, 5.41) is 2.10. The summed E-state index contributed by atoms with van der Waals surface area (Å²) < 4.78 is 2.00. The number of benzene rings is 1. The number of halogens is 3. The van der Waals surface area contributed by atoms with E-state index in [1.807, 2.05) is 29.8 Å². The Kier molecular flexibility index (Phi) is 4.84. The summed E-state index contributed by atoms with van der Waals surface area (Å²) in [7, 11) is 1.96. The third kappa shape index (κ3) is 3.15. The highest BCUT2D eigenvalue weighted by atomic mass is 35.5. The number of thioether (sulfide) groups is 1. The zero-order chi connectivity index (χ0) is 13.1. The van der Waals surface area contributed by atoms with Crippen LogP contribution in [0.4, 0.5) is 0 Å². The topological polar surface area (TPSA) is 17.8 Å². The molecule has 0 radical (unpaired) electrons. The van der Waals surface area contributed by atoms with E-state index in [0.29, 0.717) is 15.9 Å². The predicted octanol–water partition coefficient (Wildman–Crippen LogP) is 4.76. The average molecular weight is 322 g/mol. The number of aromatic nitrogens is 2. The van der Waals surface area contributed by atoms with Crippen LogP contribution in [0.15, 0.2) is 29.6 Å². The van der Waals surface area contributed by atoms with Crippen LogP contribution in [0.25, 0.3) is 0 Å². The Hall–Kier alpha value is -0.350. The van der Waals surface area contributed by atoms with Gasteiger partial charge in [-0.3, -0.25) is 0 Å². The van der Waals surface area contributed by atoms with Gasteiger partial charge in [0.05, 0.1) is 27.8 Å². The molecule has 0 aliphatic heterocycles. The molecule has 2 nitrogen and oxygen atoms in total. The first-order chi connectivity index (χ1) is 8.61. The fourth-order valence-electron chi connectivity index (χ4n) is 1.46. The van der Waals surface area contributed by atoms with Gasteiger partial charge in [0.15, 0.2) is 5.16 Å². The molecule has 0 aliphatic carbocycles. The Morgan fingerprint density at radius 2 is 2.06 bits per heavy atom. The molecule has 1 aromatic carbocycles. The summed E-state index contributed by atoms with van der Waals surface area (Å²) in [5.41, 5.74) is 2.12. The molecule has 0 unspecified atom stereocenters. The van der Waals surface area contributed by atoms with Gasteiger partial charge in [-0.1, -0.05) is 41.0 Å². The standard InChI is InChI=1S/C12H11Cl3N2S/c1-17-9(5-13)6-16-12(17)18-7-8-2-3-10(14)11(15)4-8/h2-4,6H,5,7H2,1H3. The maximum absolute atomic E-state index is 5.97. The molecule has 18 heavy (non-hydrogen) atoms. The van der Waals surface area contributed by atoms with Gasteiger partial charge in [0.2, 0.25) is 0 Å². The number of alkyl halides is 1. The van der Waals surface area contributed by atoms with Crippen molar-refractivity contribution in [2.75, 3.05) is 0 Å². The lowest BCUT2D eigenvalue weighted by Crippen LogP contribution is -1.95. The summed E-state index contributed by atoms with van der Waals surface area (Å²) >= 11 is 19.3. The van der Waals surface area contributed by atoms with Crippen LogP contribution in [0.1, 0.15) is 11.3 Å². The molecular formula is C12H11Cl3N2S. The van der Waals surface area contributed by atoms with Crippen molar-refractivity contribution < 1.29 is 0 Å². The van der Waals surface area contributed by atoms with Gasteiger partial charge in [-0.15, -0.1) is 11.6 Å². The largest absolute Gasteiger partial charge is 0.325 e. The van der Waals surface area contributed by atoms with Crippen molar-refractivity contribution in [2.24, 2.45) is 7.05 Å². The normalized spacial score (nSPS) is 10.9. The van der Waals surface area contributed by atoms with E-state index in [1.165, 1.54) is 0 Å². The third-order valence-electron chi connectivity index (χ3n) is 2.53. The van der Waals surface area contributed by atoms with Crippen LogP contribution in [0, 0.1) is 0 Å². The minimum atomic E-state index is 0.469. The molecule has 0 bridgehead atoms. The highest BCUT2D eigenvalue weighted by Gasteiger charge is 2.07. The summed E-state index contributed by atoms with van der Waals surface area (Å²) in [6.07, 6.45) is 1.80. The Labute approximate surface area is 125 Å². The van der Waals surface area contributed by atoms with Crippen molar-refractivity contribution >= 4 is 46.6 Å². The Balaban J connectivity index is 2.06. The third-order valence-corrected chi connectivity index (χ3v) is 4.66. The minimum absolute atomic E-state index is 0.469. The number of rotatable bonds is 4. The number of imidazole rings is 1. The molecule has 0 fully saturated rings. The molecule has 1 aromatic heterocycles. The van der Waals surface area contributed by atoms with Crippen LogP contribution in [0.2, 0.25) is 10.0 Å². The maximum Gasteiger partial charge on any atom is 0.168 e. The van der Waals surface area contributed by atoms with Crippen LogP contribution in [-0.4, -0.2) is 9.55 Å². The second-order valence-corrected chi connectivity index (χ2v) is 5.79. The zero-order valence-electron chi connectivity index (χ0n) is 9.66. The van der Waals surface area contributed by atoms with Crippen LogP contribution in [0.5, 0.6) is 0 Å². The Morgan fingerprint density at radius 1 is 1.28 bits per heavy atom. The van der Waals surface area contributed by atoms with Gasteiger partial charge in [-0.2, -0.15) is 0 Å². The Morgan fingerprint density at radius 3 is 2.67 bits per heavy atom. The van der Waals surface area contributed by atoms with Gasteiger partial charge in [0.1, 0.15) is 0 Å². The first-order valence-electron chi connectivity index (χ1n) is 5.25. The molecular weight excluding hydrogens is 311 g/mol. The second-order valence-electron chi connectivity index (χ2n) is 3.76. The van der Waals surface area contributed by atoms with Crippen molar-refractivity contribution in [1.82, 2.24) is 9.55 Å². The Bertz CT molecular complexity index is 554. The van der Waals surface area contributed by atoms with Crippen molar-refractivity contribution in [3.05, 3.63) is 45.7 Å². The first kappa shape index (κ1) is 14.1. The molecule has 0 saturated heterocycles. The quantitative estimate of drug-likeness (QED) is 0.597. The second kappa shape index (κ2) is 6.20. The highest BCUT2D eigenvalue weighted by Crippen LogP contribution is 2.27. The van der Waals surface area contributed by atoms with Crippen molar-refractivity contribution in [3.8, 4) is 0 Å². The number of hydrogen-bond donors (Lipinski definition) is 0. The van der Waals surface area contributed by atoms with Crippen molar-refractivity contribution in [3.63, 3.8) is 0 Å². The van der Waals surface area contributed by atoms with E-state index < -0.39 is 0 Å². The predicted molar refractivity (Wildman–Crippen MR) is 78.8 cm³/mol. The molecule has 2 rings (SSSR count).